The average molecular weight is 275 g/mol. The van der Waals surface area contributed by atoms with Gasteiger partial charge in [-0.15, -0.1) is 0 Å². The number of halogens is 1. The largest absolute Gasteiger partial charge is 0.421 e. The molecule has 0 spiro atoms. The highest BCUT2D eigenvalue weighted by Gasteiger charge is 2.09. The number of rotatable bonds is 4. The number of nitrogens with zero attached hydrogens (tertiary/aromatic N) is 2. The molecule has 0 unspecified atom stereocenters. The number of hydrogen-bond donors (Lipinski definition) is 1. The van der Waals surface area contributed by atoms with E-state index in [4.69, 9.17) is 4.74 Å². The van der Waals surface area contributed by atoms with E-state index in [9.17, 15) is 4.39 Å². The summed E-state index contributed by atoms with van der Waals surface area (Å²) in [6.45, 7) is 6.93. The lowest BCUT2D eigenvalue weighted by Gasteiger charge is -2.20. The molecule has 0 atom stereocenters. The van der Waals surface area contributed by atoms with Gasteiger partial charge in [-0.1, -0.05) is 12.1 Å². The van der Waals surface area contributed by atoms with Gasteiger partial charge >= 0.3 is 6.01 Å². The maximum atomic E-state index is 13.4. The smallest absolute Gasteiger partial charge is 0.321 e. The van der Waals surface area contributed by atoms with E-state index in [2.05, 4.69) is 36.1 Å². The monoisotopic (exact) mass is 275 g/mol. The van der Waals surface area contributed by atoms with E-state index in [0.29, 0.717) is 6.54 Å². The van der Waals surface area contributed by atoms with Crippen LogP contribution in [0.5, 0.6) is 11.8 Å². The second-order valence-electron chi connectivity index (χ2n) is 5.51. The van der Waals surface area contributed by atoms with Crippen LogP contribution in [0.4, 0.5) is 4.39 Å². The van der Waals surface area contributed by atoms with E-state index in [-0.39, 0.29) is 17.3 Å². The number of ether oxygens (including phenoxy) is 1. The van der Waals surface area contributed by atoms with Gasteiger partial charge in [0.25, 0.3) is 0 Å². The number of para-hydroxylation sites is 1. The van der Waals surface area contributed by atoms with Crippen LogP contribution in [0.3, 0.4) is 0 Å². The predicted octanol–water partition coefficient (Wildman–Crippen LogP) is 3.30. The van der Waals surface area contributed by atoms with Crippen molar-refractivity contribution in [2.24, 2.45) is 0 Å². The van der Waals surface area contributed by atoms with Gasteiger partial charge in [0.1, 0.15) is 0 Å². The lowest BCUT2D eigenvalue weighted by Crippen LogP contribution is -2.35. The molecule has 20 heavy (non-hydrogen) atoms. The van der Waals surface area contributed by atoms with Crippen molar-refractivity contribution in [3.8, 4) is 11.8 Å². The van der Waals surface area contributed by atoms with Crippen molar-refractivity contribution < 1.29 is 9.13 Å². The lowest BCUT2D eigenvalue weighted by atomic mass is 10.1. The van der Waals surface area contributed by atoms with E-state index < -0.39 is 5.82 Å². The minimum Gasteiger partial charge on any atom is -0.421 e. The maximum Gasteiger partial charge on any atom is 0.321 e. The van der Waals surface area contributed by atoms with Crippen molar-refractivity contribution in [1.29, 1.82) is 0 Å². The Labute approximate surface area is 118 Å². The van der Waals surface area contributed by atoms with Crippen LogP contribution in [0.1, 0.15) is 26.3 Å². The molecule has 0 aliphatic heterocycles. The molecule has 5 heteroatoms. The number of benzene rings is 1. The molecule has 4 nitrogen and oxygen atoms in total. The highest BCUT2D eigenvalue weighted by atomic mass is 19.1. The van der Waals surface area contributed by atoms with E-state index in [1.54, 1.807) is 24.5 Å². The van der Waals surface area contributed by atoms with Crippen LogP contribution in [0.15, 0.2) is 36.7 Å². The molecule has 1 N–H and O–H groups in total. The van der Waals surface area contributed by atoms with Gasteiger partial charge < -0.3 is 10.1 Å². The minimum atomic E-state index is -0.436. The third-order valence-corrected chi connectivity index (χ3v) is 2.54. The van der Waals surface area contributed by atoms with Crippen molar-refractivity contribution in [3.05, 3.63) is 48.0 Å². The zero-order valence-electron chi connectivity index (χ0n) is 11.9. The first-order chi connectivity index (χ1) is 9.44. The lowest BCUT2D eigenvalue weighted by molar-refractivity contribution is 0.406. The Kier molecular flexibility index (Phi) is 4.29. The normalized spacial score (nSPS) is 11.4. The topological polar surface area (TPSA) is 47.0 Å². The van der Waals surface area contributed by atoms with Crippen LogP contribution in [0, 0.1) is 5.82 Å². The van der Waals surface area contributed by atoms with Crippen LogP contribution in [-0.2, 0) is 6.54 Å². The summed E-state index contributed by atoms with van der Waals surface area (Å²) in [6, 6.07) is 6.30. The van der Waals surface area contributed by atoms with Gasteiger partial charge in [0.05, 0.1) is 0 Å². The Morgan fingerprint density at radius 3 is 2.40 bits per heavy atom. The summed E-state index contributed by atoms with van der Waals surface area (Å²) in [5.41, 5.74) is 0.975. The molecule has 2 aromatic rings. The van der Waals surface area contributed by atoms with Gasteiger partial charge in [-0.3, -0.25) is 0 Å². The maximum absolute atomic E-state index is 13.4. The molecule has 0 bridgehead atoms. The van der Waals surface area contributed by atoms with Crippen molar-refractivity contribution in [1.82, 2.24) is 15.3 Å². The third kappa shape index (κ3) is 4.28. The number of nitrogens with one attached hydrogen (secondary N) is 1. The van der Waals surface area contributed by atoms with Crippen LogP contribution in [-0.4, -0.2) is 15.5 Å². The molecule has 0 radical (unpaired) electrons. The second-order valence-corrected chi connectivity index (χ2v) is 5.51. The van der Waals surface area contributed by atoms with E-state index >= 15 is 0 Å². The Bertz CT molecular complexity index is 564. The summed E-state index contributed by atoms with van der Waals surface area (Å²) in [5, 5.41) is 3.34. The fraction of sp³-hybridized carbons (Fsp3) is 0.333. The summed E-state index contributed by atoms with van der Waals surface area (Å²) >= 11 is 0. The number of hydrogen-bond acceptors (Lipinski definition) is 4. The third-order valence-electron chi connectivity index (χ3n) is 2.54. The zero-order chi connectivity index (χ0) is 14.6. The SMILES string of the molecule is CC(C)(C)NCc1cnc(Oc2ccccc2F)nc1. The summed E-state index contributed by atoms with van der Waals surface area (Å²) in [4.78, 5) is 8.15. The average Bonchev–Trinajstić information content (AvgIpc) is 2.40. The van der Waals surface area contributed by atoms with Gasteiger partial charge in [-0.2, -0.15) is 0 Å². The number of aromatic nitrogens is 2. The molecule has 0 fully saturated rings. The molecule has 0 saturated carbocycles. The first kappa shape index (κ1) is 14.4. The van der Waals surface area contributed by atoms with Crippen molar-refractivity contribution in [2.75, 3.05) is 0 Å². The van der Waals surface area contributed by atoms with Crippen LogP contribution in [0.25, 0.3) is 0 Å². The molecule has 0 aliphatic carbocycles. The molecule has 1 aromatic carbocycles. The van der Waals surface area contributed by atoms with Gasteiger partial charge in [0.2, 0.25) is 0 Å². The molecule has 106 valence electrons. The quantitative estimate of drug-likeness (QED) is 0.930. The van der Waals surface area contributed by atoms with Crippen LogP contribution in [0.2, 0.25) is 0 Å². The highest BCUT2D eigenvalue weighted by Crippen LogP contribution is 2.20. The van der Waals surface area contributed by atoms with E-state index in [1.807, 2.05) is 0 Å². The first-order valence-corrected chi connectivity index (χ1v) is 6.42. The molecular weight excluding hydrogens is 257 g/mol. The summed E-state index contributed by atoms with van der Waals surface area (Å²) in [6.07, 6.45) is 3.34. The van der Waals surface area contributed by atoms with Crippen molar-refractivity contribution >= 4 is 0 Å². The first-order valence-electron chi connectivity index (χ1n) is 6.42. The molecule has 2 rings (SSSR count). The Hall–Kier alpha value is -2.01. The summed E-state index contributed by atoms with van der Waals surface area (Å²) < 4.78 is 18.7. The molecule has 0 saturated heterocycles. The molecular formula is C15H18FN3O. The van der Waals surface area contributed by atoms with E-state index in [1.165, 1.54) is 12.1 Å². The second kappa shape index (κ2) is 5.96. The summed E-state index contributed by atoms with van der Waals surface area (Å²) in [5.74, 6) is -0.317. The van der Waals surface area contributed by atoms with E-state index in [0.717, 1.165) is 5.56 Å². The minimum absolute atomic E-state index is 0.0301. The van der Waals surface area contributed by atoms with Gasteiger partial charge in [-0.05, 0) is 32.9 Å². The Morgan fingerprint density at radius 2 is 1.80 bits per heavy atom. The molecule has 1 aromatic heterocycles. The molecule has 0 amide bonds. The van der Waals surface area contributed by atoms with Gasteiger partial charge in [0.15, 0.2) is 11.6 Å². The molecule has 0 aliphatic rings. The molecule has 1 heterocycles. The zero-order valence-corrected chi connectivity index (χ0v) is 11.9. The standard InChI is InChI=1S/C15H18FN3O/c1-15(2,3)19-10-11-8-17-14(18-9-11)20-13-7-5-4-6-12(13)16/h4-9,19H,10H2,1-3H3. The van der Waals surface area contributed by atoms with Crippen molar-refractivity contribution in [3.63, 3.8) is 0 Å². The Morgan fingerprint density at radius 1 is 1.15 bits per heavy atom. The summed E-state index contributed by atoms with van der Waals surface area (Å²) in [7, 11) is 0. The van der Waals surface area contributed by atoms with Crippen molar-refractivity contribution in [2.45, 2.75) is 32.9 Å². The van der Waals surface area contributed by atoms with Gasteiger partial charge in [-0.25, -0.2) is 14.4 Å². The highest BCUT2D eigenvalue weighted by molar-refractivity contribution is 5.26. The van der Waals surface area contributed by atoms with Crippen LogP contribution >= 0.6 is 0 Å². The van der Waals surface area contributed by atoms with Crippen LogP contribution < -0.4 is 10.1 Å². The fourth-order valence-corrected chi connectivity index (χ4v) is 1.48. The predicted molar refractivity (Wildman–Crippen MR) is 75.1 cm³/mol. The Balaban J connectivity index is 2.00. The van der Waals surface area contributed by atoms with Gasteiger partial charge in [0, 0.05) is 30.0 Å². The fourth-order valence-electron chi connectivity index (χ4n) is 1.48.